The highest BCUT2D eigenvalue weighted by Gasteiger charge is 2.22. The molecule has 2 heterocycles. The molecule has 0 aromatic heterocycles. The van der Waals surface area contributed by atoms with E-state index >= 15 is 0 Å². The molecule has 0 aromatic rings. The second-order valence-corrected chi connectivity index (χ2v) is 5.29. The van der Waals surface area contributed by atoms with Crippen LogP contribution in [0, 0.1) is 5.92 Å². The number of carbonyl (C=O) groups is 1. The molecule has 0 radical (unpaired) electrons. The van der Waals surface area contributed by atoms with Crippen molar-refractivity contribution < 1.29 is 14.3 Å². The lowest BCUT2D eigenvalue weighted by Gasteiger charge is -2.29. The Labute approximate surface area is 121 Å². The zero-order valence-corrected chi connectivity index (χ0v) is 12.4. The average Bonchev–Trinajstić information content (AvgIpc) is 2.41. The van der Waals surface area contributed by atoms with Crippen molar-refractivity contribution in [3.63, 3.8) is 0 Å². The molecule has 19 heavy (non-hydrogen) atoms. The fourth-order valence-electron chi connectivity index (χ4n) is 2.56. The Hall–Kier alpha value is -0.360. The smallest absolute Gasteiger partial charge is 0.223 e. The second kappa shape index (κ2) is 8.74. The maximum absolute atomic E-state index is 12.1. The van der Waals surface area contributed by atoms with Crippen LogP contribution in [0.5, 0.6) is 0 Å². The molecule has 0 spiro atoms. The first-order valence-corrected chi connectivity index (χ1v) is 6.88. The van der Waals surface area contributed by atoms with Crippen LogP contribution < -0.4 is 5.32 Å². The van der Waals surface area contributed by atoms with Crippen molar-refractivity contribution in [1.82, 2.24) is 10.2 Å². The van der Waals surface area contributed by atoms with Crippen LogP contribution in [0.1, 0.15) is 19.3 Å². The average molecular weight is 293 g/mol. The van der Waals surface area contributed by atoms with Gasteiger partial charge in [0.15, 0.2) is 0 Å². The summed E-state index contributed by atoms with van der Waals surface area (Å²) in [4.78, 5) is 13.9. The molecule has 2 fully saturated rings. The van der Waals surface area contributed by atoms with Crippen LogP contribution in [-0.4, -0.2) is 63.4 Å². The number of rotatable bonds is 4. The minimum atomic E-state index is 0. The predicted octanol–water partition coefficient (Wildman–Crippen LogP) is 0.672. The third kappa shape index (κ3) is 5.65. The van der Waals surface area contributed by atoms with Crippen LogP contribution in [0.2, 0.25) is 0 Å². The van der Waals surface area contributed by atoms with Crippen LogP contribution in [0.3, 0.4) is 0 Å². The highest BCUT2D eigenvalue weighted by molar-refractivity contribution is 5.85. The molecule has 2 atom stereocenters. The van der Waals surface area contributed by atoms with Gasteiger partial charge in [-0.2, -0.15) is 0 Å². The van der Waals surface area contributed by atoms with Crippen LogP contribution in [0.4, 0.5) is 0 Å². The van der Waals surface area contributed by atoms with E-state index in [0.29, 0.717) is 18.9 Å². The normalized spacial score (nSPS) is 27.4. The van der Waals surface area contributed by atoms with E-state index in [9.17, 15) is 4.79 Å². The summed E-state index contributed by atoms with van der Waals surface area (Å²) in [5.41, 5.74) is 0. The van der Waals surface area contributed by atoms with E-state index < -0.39 is 0 Å². The maximum atomic E-state index is 12.1. The van der Waals surface area contributed by atoms with Gasteiger partial charge in [-0.05, 0) is 18.8 Å². The number of hydrogen-bond acceptors (Lipinski definition) is 4. The molecule has 1 N–H and O–H groups in total. The molecular weight excluding hydrogens is 268 g/mol. The zero-order valence-electron chi connectivity index (χ0n) is 11.6. The van der Waals surface area contributed by atoms with Gasteiger partial charge in [0, 0.05) is 39.2 Å². The molecule has 5 nitrogen and oxygen atoms in total. The first-order chi connectivity index (χ1) is 8.75. The van der Waals surface area contributed by atoms with Crippen molar-refractivity contribution in [1.29, 1.82) is 0 Å². The third-order valence-electron chi connectivity index (χ3n) is 3.63. The molecule has 2 aliphatic heterocycles. The van der Waals surface area contributed by atoms with Crippen LogP contribution in [0.15, 0.2) is 0 Å². The minimum absolute atomic E-state index is 0. The number of amides is 1. The summed E-state index contributed by atoms with van der Waals surface area (Å²) in [6.07, 6.45) is 2.82. The van der Waals surface area contributed by atoms with Crippen molar-refractivity contribution in [2.24, 2.45) is 5.92 Å². The van der Waals surface area contributed by atoms with Gasteiger partial charge in [-0.3, -0.25) is 4.79 Å². The molecule has 0 saturated carbocycles. The highest BCUT2D eigenvalue weighted by atomic mass is 35.5. The van der Waals surface area contributed by atoms with Gasteiger partial charge in [0.25, 0.3) is 0 Å². The van der Waals surface area contributed by atoms with Crippen LogP contribution in [0.25, 0.3) is 0 Å². The number of hydrogen-bond donors (Lipinski definition) is 1. The quantitative estimate of drug-likeness (QED) is 0.828. The number of ether oxygens (including phenoxy) is 2. The lowest BCUT2D eigenvalue weighted by atomic mass is 10.0. The summed E-state index contributed by atoms with van der Waals surface area (Å²) in [5, 5.41) is 3.31. The van der Waals surface area contributed by atoms with E-state index in [4.69, 9.17) is 9.47 Å². The van der Waals surface area contributed by atoms with E-state index in [1.165, 1.54) is 6.42 Å². The second-order valence-electron chi connectivity index (χ2n) is 5.29. The Morgan fingerprint density at radius 3 is 2.74 bits per heavy atom. The van der Waals surface area contributed by atoms with E-state index in [0.717, 1.165) is 39.3 Å². The summed E-state index contributed by atoms with van der Waals surface area (Å²) < 4.78 is 10.8. The standard InChI is InChI=1S/C13H24N2O3.ClH/c1-15(8-11-3-2-5-17-9-11)13(16)7-12-10-18-6-4-14-12;/h11-12,14H,2-10H2,1H3;1H. The molecule has 2 saturated heterocycles. The predicted molar refractivity (Wildman–Crippen MR) is 75.7 cm³/mol. The number of nitrogens with one attached hydrogen (secondary N) is 1. The van der Waals surface area contributed by atoms with E-state index in [1.54, 1.807) is 0 Å². The highest BCUT2D eigenvalue weighted by Crippen LogP contribution is 2.15. The lowest BCUT2D eigenvalue weighted by molar-refractivity contribution is -0.132. The van der Waals surface area contributed by atoms with Gasteiger partial charge in [0.2, 0.25) is 5.91 Å². The minimum Gasteiger partial charge on any atom is -0.381 e. The molecule has 0 aromatic carbocycles. The van der Waals surface area contributed by atoms with Crippen molar-refractivity contribution in [2.45, 2.75) is 25.3 Å². The van der Waals surface area contributed by atoms with Gasteiger partial charge < -0.3 is 19.7 Å². The molecule has 6 heteroatoms. The summed E-state index contributed by atoms with van der Waals surface area (Å²) in [7, 11) is 1.89. The number of nitrogens with zero attached hydrogens (tertiary/aromatic N) is 1. The van der Waals surface area contributed by atoms with E-state index in [-0.39, 0.29) is 24.4 Å². The molecule has 2 aliphatic rings. The monoisotopic (exact) mass is 292 g/mol. The maximum Gasteiger partial charge on any atom is 0.223 e. The van der Waals surface area contributed by atoms with Gasteiger partial charge in [-0.25, -0.2) is 0 Å². The molecule has 2 unspecified atom stereocenters. The third-order valence-corrected chi connectivity index (χ3v) is 3.63. The molecule has 112 valence electrons. The summed E-state index contributed by atoms with van der Waals surface area (Å²) in [6.45, 7) is 4.72. The zero-order chi connectivity index (χ0) is 12.8. The molecular formula is C13H25ClN2O3. The Morgan fingerprint density at radius 2 is 2.11 bits per heavy atom. The molecule has 0 aliphatic carbocycles. The van der Waals surface area contributed by atoms with E-state index in [1.807, 2.05) is 11.9 Å². The molecule has 2 rings (SSSR count). The summed E-state index contributed by atoms with van der Waals surface area (Å²) in [6, 6.07) is 0.177. The van der Waals surface area contributed by atoms with Crippen molar-refractivity contribution >= 4 is 18.3 Å². The van der Waals surface area contributed by atoms with Gasteiger partial charge in [0.1, 0.15) is 0 Å². The van der Waals surface area contributed by atoms with Crippen molar-refractivity contribution in [2.75, 3.05) is 46.6 Å². The molecule has 1 amide bonds. The molecule has 0 bridgehead atoms. The number of morpholine rings is 1. The van der Waals surface area contributed by atoms with Crippen molar-refractivity contribution in [3.8, 4) is 0 Å². The van der Waals surface area contributed by atoms with Gasteiger partial charge in [0.05, 0.1) is 19.8 Å². The summed E-state index contributed by atoms with van der Waals surface area (Å²) >= 11 is 0. The topological polar surface area (TPSA) is 50.8 Å². The number of carbonyl (C=O) groups excluding carboxylic acids is 1. The van der Waals surface area contributed by atoms with Crippen LogP contribution in [-0.2, 0) is 14.3 Å². The first-order valence-electron chi connectivity index (χ1n) is 6.88. The summed E-state index contributed by atoms with van der Waals surface area (Å²) in [5.74, 6) is 0.701. The largest absolute Gasteiger partial charge is 0.381 e. The first kappa shape index (κ1) is 16.7. The fraction of sp³-hybridized carbons (Fsp3) is 0.923. The van der Waals surface area contributed by atoms with Crippen LogP contribution >= 0.6 is 12.4 Å². The van der Waals surface area contributed by atoms with E-state index in [2.05, 4.69) is 5.32 Å². The SMILES string of the molecule is CN(CC1CCCOC1)C(=O)CC1COCCN1.Cl. The number of halogens is 1. The Morgan fingerprint density at radius 1 is 1.32 bits per heavy atom. The fourth-order valence-corrected chi connectivity index (χ4v) is 2.56. The Kier molecular flexibility index (Phi) is 7.68. The lowest BCUT2D eigenvalue weighted by Crippen LogP contribution is -2.45. The van der Waals surface area contributed by atoms with Gasteiger partial charge in [-0.15, -0.1) is 12.4 Å². The Balaban J connectivity index is 0.00000180. The van der Waals surface area contributed by atoms with Gasteiger partial charge >= 0.3 is 0 Å². The van der Waals surface area contributed by atoms with Crippen molar-refractivity contribution in [3.05, 3.63) is 0 Å². The van der Waals surface area contributed by atoms with Gasteiger partial charge in [-0.1, -0.05) is 0 Å². The Bertz CT molecular complexity index is 267.